The lowest BCUT2D eigenvalue weighted by atomic mass is 10.1. The van der Waals surface area contributed by atoms with E-state index in [2.05, 4.69) is 60.3 Å². The molecule has 0 bridgehead atoms. The number of fused-ring (bicyclic) bond motifs is 1. The van der Waals surface area contributed by atoms with Gasteiger partial charge < -0.3 is 9.47 Å². The van der Waals surface area contributed by atoms with E-state index in [9.17, 15) is 0 Å². The molecule has 20 heavy (non-hydrogen) atoms. The van der Waals surface area contributed by atoms with Crippen molar-refractivity contribution < 1.29 is 0 Å². The van der Waals surface area contributed by atoms with Crippen molar-refractivity contribution in [3.63, 3.8) is 0 Å². The van der Waals surface area contributed by atoms with Gasteiger partial charge in [-0.3, -0.25) is 0 Å². The summed E-state index contributed by atoms with van der Waals surface area (Å²) in [5.41, 5.74) is 3.64. The van der Waals surface area contributed by atoms with Crippen molar-refractivity contribution >= 4 is 11.0 Å². The molecule has 1 aromatic carbocycles. The summed E-state index contributed by atoms with van der Waals surface area (Å²) in [6.07, 6.45) is 4.44. The normalized spacial score (nSPS) is 13.2. The molecular formula is C17H27N3. The Hall–Kier alpha value is -1.35. The predicted octanol–water partition coefficient (Wildman–Crippen LogP) is 4.03. The Morgan fingerprint density at radius 1 is 1.25 bits per heavy atom. The summed E-state index contributed by atoms with van der Waals surface area (Å²) in [4.78, 5) is 7.02. The van der Waals surface area contributed by atoms with Crippen LogP contribution in [0.2, 0.25) is 0 Å². The average Bonchev–Trinajstić information content (AvgIpc) is 2.86. The second-order valence-corrected chi connectivity index (χ2v) is 5.66. The predicted molar refractivity (Wildman–Crippen MR) is 86.2 cm³/mol. The van der Waals surface area contributed by atoms with Crippen LogP contribution in [0.25, 0.3) is 11.0 Å². The van der Waals surface area contributed by atoms with Crippen molar-refractivity contribution in [3.05, 3.63) is 30.1 Å². The van der Waals surface area contributed by atoms with Gasteiger partial charge in [0.2, 0.25) is 0 Å². The first kappa shape index (κ1) is 15.0. The van der Waals surface area contributed by atoms with Gasteiger partial charge >= 0.3 is 0 Å². The maximum Gasteiger partial charge on any atom is 0.0960 e. The maximum atomic E-state index is 4.53. The molecule has 3 heteroatoms. The van der Waals surface area contributed by atoms with Crippen molar-refractivity contribution in [2.45, 2.75) is 46.6 Å². The monoisotopic (exact) mass is 273 g/mol. The molecule has 0 fully saturated rings. The highest BCUT2D eigenvalue weighted by molar-refractivity contribution is 5.76. The molecule has 0 aliphatic heterocycles. The van der Waals surface area contributed by atoms with Gasteiger partial charge in [-0.1, -0.05) is 19.9 Å². The minimum atomic E-state index is 0.512. The Morgan fingerprint density at radius 3 is 2.70 bits per heavy atom. The lowest BCUT2D eigenvalue weighted by Gasteiger charge is -2.20. The number of hydrogen-bond acceptors (Lipinski definition) is 2. The zero-order valence-corrected chi connectivity index (χ0v) is 13.3. The standard InChI is InChI=1S/C17H27N3/c1-5-19(6-2)11-7-8-15(4)20-13-18-16-12-14(3)9-10-17(16)20/h9-10,12-13,15H,5-8,11H2,1-4H3/t15-/m0/s1. The van der Waals surface area contributed by atoms with Crippen molar-refractivity contribution in [2.24, 2.45) is 0 Å². The molecule has 2 rings (SSSR count). The molecule has 110 valence electrons. The molecule has 0 aliphatic rings. The van der Waals surface area contributed by atoms with Crippen LogP contribution in [0, 0.1) is 6.92 Å². The van der Waals surface area contributed by atoms with Crippen molar-refractivity contribution in [2.75, 3.05) is 19.6 Å². The van der Waals surface area contributed by atoms with Gasteiger partial charge in [-0.25, -0.2) is 4.98 Å². The molecule has 3 nitrogen and oxygen atoms in total. The highest BCUT2D eigenvalue weighted by Crippen LogP contribution is 2.21. The van der Waals surface area contributed by atoms with E-state index in [1.54, 1.807) is 0 Å². The number of aryl methyl sites for hydroxylation is 1. The molecule has 0 amide bonds. The van der Waals surface area contributed by atoms with Crippen LogP contribution in [0.4, 0.5) is 0 Å². The molecule has 1 atom stereocenters. The third-order valence-corrected chi connectivity index (χ3v) is 4.20. The Bertz CT molecular complexity index is 540. The third-order valence-electron chi connectivity index (χ3n) is 4.20. The molecule has 0 aliphatic carbocycles. The van der Waals surface area contributed by atoms with Gasteiger partial charge in [0.25, 0.3) is 0 Å². The quantitative estimate of drug-likeness (QED) is 0.759. The first-order chi connectivity index (χ1) is 9.65. The molecule has 0 spiro atoms. The zero-order chi connectivity index (χ0) is 14.5. The van der Waals surface area contributed by atoms with E-state index in [4.69, 9.17) is 0 Å². The molecule has 1 aromatic heterocycles. The van der Waals surface area contributed by atoms with Crippen LogP contribution >= 0.6 is 0 Å². The number of rotatable bonds is 7. The van der Waals surface area contributed by atoms with Gasteiger partial charge in [0.1, 0.15) is 0 Å². The minimum absolute atomic E-state index is 0.512. The SMILES string of the molecule is CCN(CC)CCC[C@H](C)n1cnc2cc(C)ccc21. The van der Waals surface area contributed by atoms with E-state index < -0.39 is 0 Å². The van der Waals surface area contributed by atoms with E-state index in [0.29, 0.717) is 6.04 Å². The highest BCUT2D eigenvalue weighted by atomic mass is 15.1. The van der Waals surface area contributed by atoms with Crippen molar-refractivity contribution in [1.82, 2.24) is 14.5 Å². The second kappa shape index (κ2) is 6.89. The van der Waals surface area contributed by atoms with Gasteiger partial charge in [-0.15, -0.1) is 0 Å². The molecule has 0 saturated heterocycles. The maximum absolute atomic E-state index is 4.53. The summed E-state index contributed by atoms with van der Waals surface area (Å²) < 4.78 is 2.32. The Morgan fingerprint density at radius 2 is 2.00 bits per heavy atom. The minimum Gasteiger partial charge on any atom is -0.328 e. The van der Waals surface area contributed by atoms with Gasteiger partial charge in [0, 0.05) is 6.04 Å². The molecule has 2 aromatic rings. The van der Waals surface area contributed by atoms with Gasteiger partial charge in [-0.05, 0) is 64.0 Å². The van der Waals surface area contributed by atoms with E-state index in [-0.39, 0.29) is 0 Å². The van der Waals surface area contributed by atoms with E-state index in [1.807, 2.05) is 6.33 Å². The third kappa shape index (κ3) is 3.40. The topological polar surface area (TPSA) is 21.1 Å². The zero-order valence-electron chi connectivity index (χ0n) is 13.3. The fourth-order valence-corrected chi connectivity index (χ4v) is 2.78. The van der Waals surface area contributed by atoms with Crippen LogP contribution in [-0.4, -0.2) is 34.1 Å². The van der Waals surface area contributed by atoms with Crippen molar-refractivity contribution in [1.29, 1.82) is 0 Å². The fourth-order valence-electron chi connectivity index (χ4n) is 2.78. The first-order valence-corrected chi connectivity index (χ1v) is 7.81. The summed E-state index contributed by atoms with van der Waals surface area (Å²) in [5.74, 6) is 0. The first-order valence-electron chi connectivity index (χ1n) is 7.81. The average molecular weight is 273 g/mol. The van der Waals surface area contributed by atoms with Crippen LogP contribution in [-0.2, 0) is 0 Å². The van der Waals surface area contributed by atoms with Crippen LogP contribution in [0.3, 0.4) is 0 Å². The van der Waals surface area contributed by atoms with Crippen LogP contribution < -0.4 is 0 Å². The number of benzene rings is 1. The van der Waals surface area contributed by atoms with Crippen molar-refractivity contribution in [3.8, 4) is 0 Å². The van der Waals surface area contributed by atoms with E-state index >= 15 is 0 Å². The lowest BCUT2D eigenvalue weighted by molar-refractivity contribution is 0.289. The van der Waals surface area contributed by atoms with Gasteiger partial charge in [-0.2, -0.15) is 0 Å². The summed E-state index contributed by atoms with van der Waals surface area (Å²) in [5, 5.41) is 0. The van der Waals surface area contributed by atoms with Gasteiger partial charge in [0.15, 0.2) is 0 Å². The molecule has 1 heterocycles. The van der Waals surface area contributed by atoms with Gasteiger partial charge in [0.05, 0.1) is 17.4 Å². The summed E-state index contributed by atoms with van der Waals surface area (Å²) in [7, 11) is 0. The van der Waals surface area contributed by atoms with E-state index in [1.165, 1.54) is 30.5 Å². The number of imidazole rings is 1. The Balaban J connectivity index is 1.99. The number of aromatic nitrogens is 2. The number of hydrogen-bond donors (Lipinski definition) is 0. The number of nitrogens with zero attached hydrogens (tertiary/aromatic N) is 3. The smallest absolute Gasteiger partial charge is 0.0960 e. The highest BCUT2D eigenvalue weighted by Gasteiger charge is 2.10. The molecular weight excluding hydrogens is 246 g/mol. The summed E-state index contributed by atoms with van der Waals surface area (Å²) >= 11 is 0. The van der Waals surface area contributed by atoms with Crippen LogP contribution in [0.1, 0.15) is 45.2 Å². The van der Waals surface area contributed by atoms with Crippen LogP contribution in [0.15, 0.2) is 24.5 Å². The Labute approximate surface area is 122 Å². The largest absolute Gasteiger partial charge is 0.328 e. The Kier molecular flexibility index (Phi) is 5.18. The molecule has 0 unspecified atom stereocenters. The fraction of sp³-hybridized carbons (Fsp3) is 0.588. The molecule has 0 N–H and O–H groups in total. The summed E-state index contributed by atoms with van der Waals surface area (Å²) in [6, 6.07) is 7.04. The second-order valence-electron chi connectivity index (χ2n) is 5.66. The molecule has 0 saturated carbocycles. The van der Waals surface area contributed by atoms with Crippen LogP contribution in [0.5, 0.6) is 0 Å². The summed E-state index contributed by atoms with van der Waals surface area (Å²) in [6.45, 7) is 12.4. The molecule has 0 radical (unpaired) electrons. The lowest BCUT2D eigenvalue weighted by Crippen LogP contribution is -2.24. The van der Waals surface area contributed by atoms with E-state index in [0.717, 1.165) is 18.6 Å².